The molecule has 23 heavy (non-hydrogen) atoms. The minimum Gasteiger partial charge on any atom is -0.506 e. The molecule has 122 valence electrons. The first kappa shape index (κ1) is 17.8. The van der Waals surface area contributed by atoms with Crippen molar-refractivity contribution in [1.29, 1.82) is 0 Å². The van der Waals surface area contributed by atoms with E-state index in [0.717, 1.165) is 4.90 Å². The van der Waals surface area contributed by atoms with Crippen LogP contribution in [0.15, 0.2) is 21.5 Å². The van der Waals surface area contributed by atoms with Crippen LogP contribution in [-0.4, -0.2) is 40.3 Å². The first-order valence-electron chi connectivity index (χ1n) is 6.29. The number of nitrogens with zero attached hydrogens (tertiary/aromatic N) is 1. The molecule has 0 aliphatic carbocycles. The number of imide groups is 1. The topological polar surface area (TPSA) is 83.9 Å². The fourth-order valence-corrected chi connectivity index (χ4v) is 3.66. The highest BCUT2D eigenvalue weighted by atomic mass is 79.9. The smallest absolute Gasteiger partial charge is 0.328 e. The molecule has 0 spiro atoms. The van der Waals surface area contributed by atoms with Crippen molar-refractivity contribution in [1.82, 2.24) is 4.90 Å². The number of ether oxygens (including phenoxy) is 1. The Balaban J connectivity index is 2.38. The molecule has 0 radical (unpaired) electrons. The van der Waals surface area contributed by atoms with Gasteiger partial charge in [-0.05, 0) is 52.8 Å². The summed E-state index contributed by atoms with van der Waals surface area (Å²) < 4.78 is 4.91. The maximum absolute atomic E-state index is 12.3. The molecule has 2 amide bonds. The van der Waals surface area contributed by atoms with Gasteiger partial charge >= 0.3 is 5.97 Å². The summed E-state index contributed by atoms with van der Waals surface area (Å²) in [5.41, 5.74) is 0.278. The monoisotopic (exact) mass is 419 g/mol. The van der Waals surface area contributed by atoms with Crippen molar-refractivity contribution in [3.8, 4) is 5.75 Å². The van der Waals surface area contributed by atoms with Gasteiger partial charge in [-0.1, -0.05) is 11.6 Å². The number of hydrogen-bond acceptors (Lipinski definition) is 6. The predicted molar refractivity (Wildman–Crippen MR) is 90.1 cm³/mol. The van der Waals surface area contributed by atoms with E-state index in [4.69, 9.17) is 11.6 Å². The van der Waals surface area contributed by atoms with Crippen molar-refractivity contribution in [2.75, 3.05) is 7.11 Å². The highest BCUT2D eigenvalue weighted by Crippen LogP contribution is 2.38. The molecule has 1 saturated heterocycles. The second-order valence-corrected chi connectivity index (χ2v) is 6.86. The fourth-order valence-electron chi connectivity index (χ4n) is 1.93. The van der Waals surface area contributed by atoms with Gasteiger partial charge in [0, 0.05) is 10.6 Å². The molecule has 1 aliphatic heterocycles. The Morgan fingerprint density at radius 1 is 1.48 bits per heavy atom. The van der Waals surface area contributed by atoms with Gasteiger partial charge in [0.25, 0.3) is 11.1 Å². The lowest BCUT2D eigenvalue weighted by Crippen LogP contribution is -2.42. The summed E-state index contributed by atoms with van der Waals surface area (Å²) in [6, 6.07) is 1.93. The summed E-state index contributed by atoms with van der Waals surface area (Å²) in [5, 5.41) is 9.76. The molecule has 2 rings (SSSR count). The molecule has 0 bridgehead atoms. The predicted octanol–water partition coefficient (Wildman–Crippen LogP) is 3.41. The summed E-state index contributed by atoms with van der Waals surface area (Å²) in [6.07, 6.45) is 1.35. The number of aromatic hydroxyl groups is 1. The average molecular weight is 421 g/mol. The summed E-state index contributed by atoms with van der Waals surface area (Å²) in [7, 11) is 1.18. The van der Waals surface area contributed by atoms with Crippen molar-refractivity contribution >= 4 is 62.5 Å². The molecular formula is C14H11BrClNO5S. The number of phenolic OH excluding ortho intramolecular Hbond substituents is 1. The number of esters is 1. The Bertz CT molecular complexity index is 736. The van der Waals surface area contributed by atoms with E-state index in [-0.39, 0.29) is 16.2 Å². The number of amides is 2. The third-order valence-electron chi connectivity index (χ3n) is 3.10. The molecule has 0 saturated carbocycles. The zero-order valence-corrected chi connectivity index (χ0v) is 15.2. The van der Waals surface area contributed by atoms with Gasteiger partial charge in [-0.25, -0.2) is 4.79 Å². The van der Waals surface area contributed by atoms with Gasteiger partial charge in [-0.2, -0.15) is 0 Å². The zero-order valence-electron chi connectivity index (χ0n) is 12.0. The van der Waals surface area contributed by atoms with E-state index in [1.54, 1.807) is 0 Å². The number of carbonyl (C=O) groups excluding carboxylic acids is 3. The number of rotatable bonds is 3. The van der Waals surface area contributed by atoms with Gasteiger partial charge in [0.2, 0.25) is 0 Å². The minimum atomic E-state index is -1.03. The number of hydrogen-bond donors (Lipinski definition) is 1. The number of methoxy groups -OCH3 is 1. The molecule has 1 aromatic rings. The lowest BCUT2D eigenvalue weighted by molar-refractivity contribution is -0.148. The molecular weight excluding hydrogens is 410 g/mol. The molecule has 1 aromatic carbocycles. The number of thioether (sulfide) groups is 1. The molecule has 1 N–H and O–H groups in total. The van der Waals surface area contributed by atoms with E-state index < -0.39 is 23.2 Å². The highest BCUT2D eigenvalue weighted by Gasteiger charge is 2.41. The molecule has 1 heterocycles. The number of carbonyl (C=O) groups is 3. The maximum Gasteiger partial charge on any atom is 0.328 e. The number of benzene rings is 1. The zero-order chi connectivity index (χ0) is 17.3. The third-order valence-corrected chi connectivity index (χ3v) is 4.80. The molecule has 0 unspecified atom stereocenters. The van der Waals surface area contributed by atoms with Gasteiger partial charge in [0.15, 0.2) is 0 Å². The maximum atomic E-state index is 12.3. The second kappa shape index (κ2) is 6.94. The van der Waals surface area contributed by atoms with E-state index in [1.165, 1.54) is 32.2 Å². The quantitative estimate of drug-likeness (QED) is 0.596. The van der Waals surface area contributed by atoms with Crippen molar-refractivity contribution in [2.45, 2.75) is 13.0 Å². The SMILES string of the molecule is COC(=O)[C@@H](C)N1C(=O)S/C(=C/c2cc(Cl)cc(Br)c2O)C1=O. The van der Waals surface area contributed by atoms with Crippen molar-refractivity contribution in [2.24, 2.45) is 0 Å². The van der Waals surface area contributed by atoms with Crippen LogP contribution in [0.1, 0.15) is 12.5 Å². The Morgan fingerprint density at radius 3 is 2.74 bits per heavy atom. The second-order valence-electron chi connectivity index (χ2n) is 4.58. The van der Waals surface area contributed by atoms with Gasteiger partial charge in [0.1, 0.15) is 11.8 Å². The van der Waals surface area contributed by atoms with Crippen LogP contribution in [0.5, 0.6) is 5.75 Å². The normalized spacial score (nSPS) is 17.7. The molecule has 1 atom stereocenters. The largest absolute Gasteiger partial charge is 0.506 e. The van der Waals surface area contributed by atoms with E-state index in [2.05, 4.69) is 20.7 Å². The lowest BCUT2D eigenvalue weighted by atomic mass is 10.2. The van der Waals surface area contributed by atoms with Gasteiger partial charge in [0.05, 0.1) is 16.5 Å². The van der Waals surface area contributed by atoms with Crippen LogP contribution in [0.2, 0.25) is 5.02 Å². The van der Waals surface area contributed by atoms with Crippen molar-refractivity contribution < 1.29 is 24.2 Å². The molecule has 6 nitrogen and oxygen atoms in total. The van der Waals surface area contributed by atoms with Crippen LogP contribution in [0, 0.1) is 0 Å². The third kappa shape index (κ3) is 3.54. The molecule has 1 fully saturated rings. The molecule has 0 aromatic heterocycles. The summed E-state index contributed by atoms with van der Waals surface area (Å²) >= 11 is 9.73. The molecule has 1 aliphatic rings. The summed E-state index contributed by atoms with van der Waals surface area (Å²) in [6.45, 7) is 1.40. The van der Waals surface area contributed by atoms with Gasteiger partial charge < -0.3 is 9.84 Å². The first-order chi connectivity index (χ1) is 10.8. The van der Waals surface area contributed by atoms with Crippen LogP contribution < -0.4 is 0 Å². The minimum absolute atomic E-state index is 0.0789. The van der Waals surface area contributed by atoms with E-state index >= 15 is 0 Å². The number of halogens is 2. The van der Waals surface area contributed by atoms with Crippen LogP contribution in [-0.2, 0) is 14.3 Å². The number of phenols is 1. The van der Waals surface area contributed by atoms with E-state index in [1.807, 2.05) is 0 Å². The fraction of sp³-hybridized carbons (Fsp3) is 0.214. The summed E-state index contributed by atoms with van der Waals surface area (Å²) in [5.74, 6) is -1.43. The lowest BCUT2D eigenvalue weighted by Gasteiger charge is -2.18. The Labute approximate surface area is 149 Å². The Kier molecular flexibility index (Phi) is 5.38. The van der Waals surface area contributed by atoms with Crippen LogP contribution in [0.4, 0.5) is 4.79 Å². The van der Waals surface area contributed by atoms with Crippen LogP contribution in [0.25, 0.3) is 6.08 Å². The van der Waals surface area contributed by atoms with Crippen LogP contribution >= 0.6 is 39.3 Å². The molecule has 9 heteroatoms. The van der Waals surface area contributed by atoms with Gasteiger partial charge in [-0.3, -0.25) is 14.5 Å². The first-order valence-corrected chi connectivity index (χ1v) is 8.28. The van der Waals surface area contributed by atoms with E-state index in [0.29, 0.717) is 21.3 Å². The Hall–Kier alpha value is -1.51. The van der Waals surface area contributed by atoms with E-state index in [9.17, 15) is 19.5 Å². The Morgan fingerprint density at radius 2 is 2.13 bits per heavy atom. The van der Waals surface area contributed by atoms with Crippen LogP contribution in [0.3, 0.4) is 0 Å². The summed E-state index contributed by atoms with van der Waals surface area (Å²) in [4.78, 5) is 36.8. The standard InChI is InChI=1S/C14H11BrClNO5S/c1-6(13(20)22-2)17-12(19)10(23-14(17)21)4-7-3-8(16)5-9(15)11(7)18/h3-6,18H,1-2H3/b10-4+/t6-/m1/s1. The highest BCUT2D eigenvalue weighted by molar-refractivity contribution is 9.10. The van der Waals surface area contributed by atoms with Gasteiger partial charge in [-0.15, -0.1) is 0 Å². The van der Waals surface area contributed by atoms with Crippen molar-refractivity contribution in [3.05, 3.63) is 32.1 Å². The van der Waals surface area contributed by atoms with Crippen molar-refractivity contribution in [3.63, 3.8) is 0 Å². The average Bonchev–Trinajstić information content (AvgIpc) is 2.77.